The molecule has 112 valence electrons. The highest BCUT2D eigenvalue weighted by molar-refractivity contribution is 5.49. The Kier molecular flexibility index (Phi) is 3.92. The fourth-order valence-electron chi connectivity index (χ4n) is 2.76. The van der Waals surface area contributed by atoms with Crippen molar-refractivity contribution in [2.45, 2.75) is 38.9 Å². The van der Waals surface area contributed by atoms with Crippen molar-refractivity contribution in [1.29, 1.82) is 0 Å². The van der Waals surface area contributed by atoms with Crippen LogP contribution < -0.4 is 10.6 Å². The normalized spacial score (nSPS) is 15.9. The Morgan fingerprint density at radius 1 is 1.38 bits per heavy atom. The summed E-state index contributed by atoms with van der Waals surface area (Å²) >= 11 is 0. The van der Waals surface area contributed by atoms with Gasteiger partial charge in [-0.05, 0) is 30.5 Å². The first-order valence-electron chi connectivity index (χ1n) is 7.46. The van der Waals surface area contributed by atoms with Crippen LogP contribution in [0.5, 0.6) is 0 Å². The average molecular weight is 288 g/mol. The summed E-state index contributed by atoms with van der Waals surface area (Å²) in [5.41, 5.74) is 7.55. The lowest BCUT2D eigenvalue weighted by molar-refractivity contribution is 0.543. The molecule has 1 aromatic carbocycles. The second-order valence-corrected chi connectivity index (χ2v) is 5.62. The maximum Gasteiger partial charge on any atom is 0.146 e. The molecular weight excluding hydrogens is 267 g/mol. The first-order valence-corrected chi connectivity index (χ1v) is 7.46. The van der Waals surface area contributed by atoms with E-state index in [0.717, 1.165) is 37.3 Å². The monoisotopic (exact) mass is 288 g/mol. The zero-order chi connectivity index (χ0) is 14.8. The number of aromatic nitrogens is 2. The minimum absolute atomic E-state index is 0.0951. The number of benzene rings is 1. The van der Waals surface area contributed by atoms with E-state index in [1.54, 1.807) is 12.3 Å². The molecule has 1 aromatic heterocycles. The van der Waals surface area contributed by atoms with E-state index in [1.165, 1.54) is 0 Å². The Hall–Kier alpha value is -1.88. The summed E-state index contributed by atoms with van der Waals surface area (Å²) in [5.74, 6) is 0.813. The van der Waals surface area contributed by atoms with Gasteiger partial charge in [-0.3, -0.25) is 0 Å². The predicted molar refractivity (Wildman–Crippen MR) is 81.6 cm³/mol. The maximum absolute atomic E-state index is 14.4. The molecule has 0 spiro atoms. The van der Waals surface area contributed by atoms with Crippen molar-refractivity contribution in [3.8, 4) is 0 Å². The van der Waals surface area contributed by atoms with Gasteiger partial charge in [0.15, 0.2) is 0 Å². The van der Waals surface area contributed by atoms with Crippen LogP contribution in [-0.4, -0.2) is 22.1 Å². The van der Waals surface area contributed by atoms with E-state index >= 15 is 0 Å². The number of fused-ring (bicyclic) bond motifs is 1. The summed E-state index contributed by atoms with van der Waals surface area (Å²) in [6.07, 6.45) is 5.39. The lowest BCUT2D eigenvalue weighted by atomic mass is 10.0. The lowest BCUT2D eigenvalue weighted by Crippen LogP contribution is -2.34. The molecule has 1 atom stereocenters. The molecule has 2 aromatic rings. The number of imidazole rings is 1. The van der Waals surface area contributed by atoms with Crippen LogP contribution in [0, 0.1) is 5.82 Å². The molecule has 2 N–H and O–H groups in total. The fraction of sp³-hybridized carbons (Fsp3) is 0.438. The van der Waals surface area contributed by atoms with Crippen molar-refractivity contribution in [2.24, 2.45) is 5.73 Å². The van der Waals surface area contributed by atoms with Crippen LogP contribution in [-0.2, 0) is 19.5 Å². The largest absolute Gasteiger partial charge is 0.360 e. The van der Waals surface area contributed by atoms with Gasteiger partial charge >= 0.3 is 0 Å². The van der Waals surface area contributed by atoms with Crippen LogP contribution >= 0.6 is 0 Å². The molecule has 5 heteroatoms. The average Bonchev–Trinajstić information content (AvgIpc) is 2.94. The van der Waals surface area contributed by atoms with Gasteiger partial charge in [-0.2, -0.15) is 0 Å². The van der Waals surface area contributed by atoms with Crippen molar-refractivity contribution < 1.29 is 4.39 Å². The second kappa shape index (κ2) is 5.85. The molecular formula is C16H21FN4. The van der Waals surface area contributed by atoms with Gasteiger partial charge in [0.1, 0.15) is 11.6 Å². The molecule has 3 rings (SSSR count). The smallest absolute Gasteiger partial charge is 0.146 e. The summed E-state index contributed by atoms with van der Waals surface area (Å²) in [7, 11) is 0. The minimum Gasteiger partial charge on any atom is -0.360 e. The first kappa shape index (κ1) is 14.1. The number of anilines is 1. The van der Waals surface area contributed by atoms with Gasteiger partial charge in [-0.25, -0.2) is 9.37 Å². The quantitative estimate of drug-likeness (QED) is 0.939. The van der Waals surface area contributed by atoms with Crippen LogP contribution in [0.25, 0.3) is 0 Å². The summed E-state index contributed by atoms with van der Waals surface area (Å²) in [5, 5.41) is 0. The van der Waals surface area contributed by atoms with Crippen LogP contribution in [0.15, 0.2) is 30.6 Å². The Bertz CT molecular complexity index is 622. The number of rotatable bonds is 4. The minimum atomic E-state index is -0.171. The number of hydrogen-bond donors (Lipinski definition) is 1. The standard InChI is InChI=1S/C16H21FN4/c1-2-13(18)9-12-3-4-15(14(17)10-12)21-8-7-20-6-5-19-16(20)11-21/h3-6,10,13H,2,7-9,11,18H2,1H3. The molecule has 0 saturated carbocycles. The zero-order valence-electron chi connectivity index (χ0n) is 12.3. The molecule has 0 amide bonds. The van der Waals surface area contributed by atoms with E-state index in [-0.39, 0.29) is 11.9 Å². The molecule has 1 aliphatic rings. The number of halogens is 1. The second-order valence-electron chi connectivity index (χ2n) is 5.62. The molecule has 1 unspecified atom stereocenters. The highest BCUT2D eigenvalue weighted by Gasteiger charge is 2.19. The third kappa shape index (κ3) is 2.93. The van der Waals surface area contributed by atoms with Crippen LogP contribution in [0.1, 0.15) is 24.7 Å². The molecule has 0 fully saturated rings. The first-order chi connectivity index (χ1) is 10.2. The SMILES string of the molecule is CCC(N)Cc1ccc(N2CCn3ccnc3C2)c(F)c1. The molecule has 0 radical (unpaired) electrons. The third-order valence-electron chi connectivity index (χ3n) is 4.12. The Morgan fingerprint density at radius 2 is 2.24 bits per heavy atom. The summed E-state index contributed by atoms with van der Waals surface area (Å²) < 4.78 is 16.5. The van der Waals surface area contributed by atoms with Crippen molar-refractivity contribution in [2.75, 3.05) is 11.4 Å². The van der Waals surface area contributed by atoms with Crippen LogP contribution in [0.3, 0.4) is 0 Å². The molecule has 0 aliphatic carbocycles. The summed E-state index contributed by atoms with van der Waals surface area (Å²) in [4.78, 5) is 6.36. The highest BCUT2D eigenvalue weighted by atomic mass is 19.1. The van der Waals surface area contributed by atoms with E-state index in [4.69, 9.17) is 5.73 Å². The fourth-order valence-corrected chi connectivity index (χ4v) is 2.76. The topological polar surface area (TPSA) is 47.1 Å². The summed E-state index contributed by atoms with van der Waals surface area (Å²) in [6, 6.07) is 5.56. The van der Waals surface area contributed by atoms with E-state index in [1.807, 2.05) is 30.2 Å². The van der Waals surface area contributed by atoms with E-state index < -0.39 is 0 Å². The van der Waals surface area contributed by atoms with Crippen LogP contribution in [0.2, 0.25) is 0 Å². The van der Waals surface area contributed by atoms with Gasteiger partial charge in [0.05, 0.1) is 12.2 Å². The molecule has 0 bridgehead atoms. The molecule has 4 nitrogen and oxygen atoms in total. The Morgan fingerprint density at radius 3 is 3.00 bits per heavy atom. The van der Waals surface area contributed by atoms with Gasteiger partial charge < -0.3 is 15.2 Å². The molecule has 21 heavy (non-hydrogen) atoms. The van der Waals surface area contributed by atoms with Gasteiger partial charge in [0.25, 0.3) is 0 Å². The summed E-state index contributed by atoms with van der Waals surface area (Å²) in [6.45, 7) is 4.34. The van der Waals surface area contributed by atoms with Crippen molar-refractivity contribution >= 4 is 5.69 Å². The van der Waals surface area contributed by atoms with Crippen molar-refractivity contribution in [3.63, 3.8) is 0 Å². The number of hydrogen-bond acceptors (Lipinski definition) is 3. The maximum atomic E-state index is 14.4. The van der Waals surface area contributed by atoms with Crippen molar-refractivity contribution in [3.05, 3.63) is 47.8 Å². The molecule has 2 heterocycles. The Labute approximate surface area is 124 Å². The van der Waals surface area contributed by atoms with Crippen molar-refractivity contribution in [1.82, 2.24) is 9.55 Å². The zero-order valence-corrected chi connectivity index (χ0v) is 12.3. The Balaban J connectivity index is 1.77. The van der Waals surface area contributed by atoms with Gasteiger partial charge in [-0.1, -0.05) is 13.0 Å². The lowest BCUT2D eigenvalue weighted by Gasteiger charge is -2.30. The predicted octanol–water partition coefficient (Wildman–Crippen LogP) is 2.32. The highest BCUT2D eigenvalue weighted by Crippen LogP contribution is 2.25. The van der Waals surface area contributed by atoms with E-state index in [2.05, 4.69) is 9.55 Å². The molecule has 0 saturated heterocycles. The number of nitrogens with zero attached hydrogens (tertiary/aromatic N) is 3. The number of nitrogens with two attached hydrogens (primary N) is 1. The van der Waals surface area contributed by atoms with Crippen LogP contribution in [0.4, 0.5) is 10.1 Å². The van der Waals surface area contributed by atoms with E-state index in [0.29, 0.717) is 12.2 Å². The van der Waals surface area contributed by atoms with E-state index in [9.17, 15) is 4.39 Å². The molecule has 1 aliphatic heterocycles. The van der Waals surface area contributed by atoms with Gasteiger partial charge in [0, 0.05) is 31.5 Å². The third-order valence-corrected chi connectivity index (χ3v) is 4.12. The van der Waals surface area contributed by atoms with Gasteiger partial charge in [-0.15, -0.1) is 0 Å². The van der Waals surface area contributed by atoms with Gasteiger partial charge in [0.2, 0.25) is 0 Å².